The summed E-state index contributed by atoms with van der Waals surface area (Å²) >= 11 is 0. The van der Waals surface area contributed by atoms with Crippen LogP contribution in [0.3, 0.4) is 0 Å². The first-order chi connectivity index (χ1) is 4.70. The first-order valence-corrected chi connectivity index (χ1v) is 3.34. The average molecular weight is 136 g/mol. The molecule has 0 unspecified atom stereocenters. The van der Waals surface area contributed by atoms with Crippen LogP contribution >= 0.6 is 0 Å². The number of amidine groups is 1. The predicted molar refractivity (Wildman–Crippen MR) is 44.0 cm³/mol. The van der Waals surface area contributed by atoms with E-state index < -0.39 is 0 Å². The van der Waals surface area contributed by atoms with Gasteiger partial charge >= 0.3 is 0 Å². The number of nitrogens with zero attached hydrogens (tertiary/aromatic N) is 1. The smallest absolute Gasteiger partial charge is 0.121 e. The number of hydrogen-bond donors (Lipinski definition) is 1. The molecule has 2 heteroatoms. The van der Waals surface area contributed by atoms with Gasteiger partial charge in [-0.1, -0.05) is 17.7 Å². The largest absolute Gasteiger partial charge is 0.384 e. The lowest BCUT2D eigenvalue weighted by Crippen LogP contribution is -2.12. The summed E-state index contributed by atoms with van der Waals surface area (Å²) in [5.74, 6) is 0.660. The van der Waals surface area contributed by atoms with Crippen molar-refractivity contribution in [3.05, 3.63) is 23.3 Å². The molecular weight excluding hydrogens is 124 g/mol. The van der Waals surface area contributed by atoms with Crippen molar-refractivity contribution < 1.29 is 0 Å². The van der Waals surface area contributed by atoms with E-state index in [9.17, 15) is 0 Å². The summed E-state index contributed by atoms with van der Waals surface area (Å²) in [6, 6.07) is 0. The Morgan fingerprint density at radius 1 is 1.40 bits per heavy atom. The molecule has 0 atom stereocenters. The van der Waals surface area contributed by atoms with E-state index in [0.717, 1.165) is 12.1 Å². The van der Waals surface area contributed by atoms with Gasteiger partial charge in [0.2, 0.25) is 0 Å². The fourth-order valence-corrected chi connectivity index (χ4v) is 0.740. The molecule has 10 heavy (non-hydrogen) atoms. The maximum atomic E-state index is 5.59. The minimum absolute atomic E-state index is 0.660. The van der Waals surface area contributed by atoms with Gasteiger partial charge in [-0.2, -0.15) is 0 Å². The first kappa shape index (κ1) is 7.06. The van der Waals surface area contributed by atoms with E-state index in [-0.39, 0.29) is 0 Å². The molecule has 1 aliphatic heterocycles. The van der Waals surface area contributed by atoms with Crippen molar-refractivity contribution in [1.29, 1.82) is 0 Å². The highest BCUT2D eigenvalue weighted by Crippen LogP contribution is 2.03. The molecule has 1 rings (SSSR count). The van der Waals surface area contributed by atoms with E-state index >= 15 is 0 Å². The Morgan fingerprint density at radius 3 is 2.80 bits per heavy atom. The second-order valence-electron chi connectivity index (χ2n) is 2.56. The third-order valence-electron chi connectivity index (χ3n) is 1.52. The Balaban J connectivity index is 2.90. The molecule has 0 aromatic heterocycles. The summed E-state index contributed by atoms with van der Waals surface area (Å²) in [6.45, 7) is 4.75. The van der Waals surface area contributed by atoms with Gasteiger partial charge < -0.3 is 5.73 Å². The molecule has 0 amide bonds. The predicted octanol–water partition coefficient (Wildman–Crippen LogP) is 1.25. The van der Waals surface area contributed by atoms with E-state index in [0.29, 0.717) is 5.84 Å². The van der Waals surface area contributed by atoms with Gasteiger partial charge in [0.1, 0.15) is 5.84 Å². The number of rotatable bonds is 0. The van der Waals surface area contributed by atoms with E-state index in [1.165, 1.54) is 5.57 Å². The normalized spacial score (nSPS) is 18.8. The summed E-state index contributed by atoms with van der Waals surface area (Å²) < 4.78 is 0. The zero-order valence-electron chi connectivity index (χ0n) is 6.39. The lowest BCUT2D eigenvalue weighted by atomic mass is 10.2. The molecule has 0 aromatic rings. The molecule has 0 bridgehead atoms. The lowest BCUT2D eigenvalue weighted by molar-refractivity contribution is 1.13. The summed E-state index contributed by atoms with van der Waals surface area (Å²) in [4.78, 5) is 4.14. The molecule has 2 N–H and O–H groups in total. The van der Waals surface area contributed by atoms with Crippen LogP contribution in [0.15, 0.2) is 28.3 Å². The van der Waals surface area contributed by atoms with Gasteiger partial charge in [0.25, 0.3) is 0 Å². The SMILES string of the molecule is CC1=CC=C(C)C(N)=NC1. The molecule has 0 saturated carbocycles. The minimum Gasteiger partial charge on any atom is -0.384 e. The molecule has 0 saturated heterocycles. The van der Waals surface area contributed by atoms with Gasteiger partial charge in [0.05, 0.1) is 6.54 Å². The lowest BCUT2D eigenvalue weighted by Gasteiger charge is -1.94. The van der Waals surface area contributed by atoms with Crippen LogP contribution in [0.4, 0.5) is 0 Å². The Morgan fingerprint density at radius 2 is 2.10 bits per heavy atom. The van der Waals surface area contributed by atoms with Gasteiger partial charge in [-0.25, -0.2) is 0 Å². The standard InChI is InChI=1S/C8H12N2/c1-6-3-4-7(2)8(9)10-5-6/h3-4H,5H2,1-2H3,(H2,9,10). The molecule has 1 heterocycles. The van der Waals surface area contributed by atoms with Gasteiger partial charge in [0.15, 0.2) is 0 Å². The van der Waals surface area contributed by atoms with Crippen molar-refractivity contribution in [2.45, 2.75) is 13.8 Å². The van der Waals surface area contributed by atoms with Crippen LogP contribution in [-0.4, -0.2) is 12.4 Å². The highest BCUT2D eigenvalue weighted by atomic mass is 14.8. The van der Waals surface area contributed by atoms with Crippen LogP contribution in [0.5, 0.6) is 0 Å². The van der Waals surface area contributed by atoms with E-state index in [1.54, 1.807) is 0 Å². The molecule has 0 spiro atoms. The quantitative estimate of drug-likeness (QED) is 0.534. The minimum atomic E-state index is 0.660. The number of hydrogen-bond acceptors (Lipinski definition) is 2. The Hall–Kier alpha value is -1.05. The number of aliphatic imine (C=N–C) groups is 1. The van der Waals surface area contributed by atoms with Crippen molar-refractivity contribution in [1.82, 2.24) is 0 Å². The monoisotopic (exact) mass is 136 g/mol. The Bertz CT molecular complexity index is 221. The third-order valence-corrected chi connectivity index (χ3v) is 1.52. The van der Waals surface area contributed by atoms with Crippen molar-refractivity contribution in [2.75, 3.05) is 6.54 Å². The van der Waals surface area contributed by atoms with Gasteiger partial charge in [-0.3, -0.25) is 4.99 Å². The highest BCUT2D eigenvalue weighted by Gasteiger charge is 1.97. The molecule has 2 nitrogen and oxygen atoms in total. The van der Waals surface area contributed by atoms with Crippen LogP contribution in [0.1, 0.15) is 13.8 Å². The molecular formula is C8H12N2. The maximum Gasteiger partial charge on any atom is 0.121 e. The van der Waals surface area contributed by atoms with Crippen molar-refractivity contribution >= 4 is 5.84 Å². The zero-order valence-corrected chi connectivity index (χ0v) is 6.39. The fraction of sp³-hybridized carbons (Fsp3) is 0.375. The summed E-state index contributed by atoms with van der Waals surface area (Å²) in [5, 5.41) is 0. The summed E-state index contributed by atoms with van der Waals surface area (Å²) in [5.41, 5.74) is 7.89. The Labute approximate surface area is 61.1 Å². The van der Waals surface area contributed by atoms with E-state index in [4.69, 9.17) is 5.73 Å². The first-order valence-electron chi connectivity index (χ1n) is 3.34. The molecule has 54 valence electrons. The van der Waals surface area contributed by atoms with Gasteiger partial charge in [-0.15, -0.1) is 0 Å². The Kier molecular flexibility index (Phi) is 1.90. The topological polar surface area (TPSA) is 38.4 Å². The molecule has 0 aromatic carbocycles. The third kappa shape index (κ3) is 1.47. The summed E-state index contributed by atoms with van der Waals surface area (Å²) in [6.07, 6.45) is 4.06. The van der Waals surface area contributed by atoms with Crippen LogP contribution in [0.2, 0.25) is 0 Å². The average Bonchev–Trinajstić information content (AvgIpc) is 2.04. The van der Waals surface area contributed by atoms with Crippen LogP contribution in [0, 0.1) is 0 Å². The molecule has 0 aliphatic carbocycles. The second kappa shape index (κ2) is 2.69. The zero-order chi connectivity index (χ0) is 7.56. The fourth-order valence-electron chi connectivity index (χ4n) is 0.740. The molecule has 0 fully saturated rings. The maximum absolute atomic E-state index is 5.59. The highest BCUT2D eigenvalue weighted by molar-refractivity contribution is 5.97. The van der Waals surface area contributed by atoms with Crippen LogP contribution in [0.25, 0.3) is 0 Å². The second-order valence-corrected chi connectivity index (χ2v) is 2.56. The van der Waals surface area contributed by atoms with Crippen molar-refractivity contribution in [2.24, 2.45) is 10.7 Å². The van der Waals surface area contributed by atoms with E-state index in [1.807, 2.05) is 19.9 Å². The molecule has 0 radical (unpaired) electrons. The molecule has 1 aliphatic rings. The van der Waals surface area contributed by atoms with Crippen LogP contribution < -0.4 is 5.73 Å². The van der Waals surface area contributed by atoms with Gasteiger partial charge in [-0.05, 0) is 19.4 Å². The van der Waals surface area contributed by atoms with E-state index in [2.05, 4.69) is 11.1 Å². The van der Waals surface area contributed by atoms with Crippen molar-refractivity contribution in [3.8, 4) is 0 Å². The van der Waals surface area contributed by atoms with Crippen molar-refractivity contribution in [3.63, 3.8) is 0 Å². The summed E-state index contributed by atoms with van der Waals surface area (Å²) in [7, 11) is 0. The van der Waals surface area contributed by atoms with Gasteiger partial charge in [0, 0.05) is 0 Å². The number of nitrogens with two attached hydrogens (primary N) is 1. The van der Waals surface area contributed by atoms with Crippen LogP contribution in [-0.2, 0) is 0 Å². The number of allylic oxidation sites excluding steroid dienone is 2.